The maximum Gasteiger partial charge on any atom is 0.279 e. The molecule has 0 spiro atoms. The Balaban J connectivity index is 1.77. The monoisotopic (exact) mass is 485 g/mol. The molecule has 4 rings (SSSR count). The number of nitrogens with one attached hydrogen (secondary N) is 1. The molecule has 0 unspecified atom stereocenters. The molecule has 8 nitrogen and oxygen atoms in total. The summed E-state index contributed by atoms with van der Waals surface area (Å²) in [7, 11) is -5.82. The van der Waals surface area contributed by atoms with Crippen LogP contribution in [0.15, 0.2) is 88.9 Å². The highest BCUT2D eigenvalue weighted by Crippen LogP contribution is 2.37. The van der Waals surface area contributed by atoms with Gasteiger partial charge in [0.15, 0.2) is 0 Å². The number of anilines is 1. The molecule has 3 aromatic carbocycles. The van der Waals surface area contributed by atoms with Crippen LogP contribution in [0.4, 0.5) is 5.69 Å². The fourth-order valence-corrected chi connectivity index (χ4v) is 5.65. The second-order valence-electron chi connectivity index (χ2n) is 7.59. The van der Waals surface area contributed by atoms with Gasteiger partial charge >= 0.3 is 0 Å². The van der Waals surface area contributed by atoms with Gasteiger partial charge < -0.3 is 4.74 Å². The van der Waals surface area contributed by atoms with Crippen molar-refractivity contribution in [1.29, 1.82) is 0 Å². The zero-order valence-electron chi connectivity index (χ0n) is 18.0. The molecule has 33 heavy (non-hydrogen) atoms. The fraction of sp³-hybridized carbons (Fsp3) is 0.174. The number of hydrogen-bond donors (Lipinski definition) is 1. The lowest BCUT2D eigenvalue weighted by Crippen LogP contribution is -2.27. The molecular formula is C23H23N3O5S2. The molecule has 0 aromatic heterocycles. The van der Waals surface area contributed by atoms with E-state index in [1.54, 1.807) is 61.7 Å². The molecule has 0 saturated heterocycles. The van der Waals surface area contributed by atoms with Gasteiger partial charge in [0.1, 0.15) is 5.75 Å². The summed E-state index contributed by atoms with van der Waals surface area (Å²) in [5.41, 5.74) is 2.31. The molecule has 1 aliphatic rings. The van der Waals surface area contributed by atoms with Gasteiger partial charge in [-0.05, 0) is 47.5 Å². The molecule has 1 aliphatic heterocycles. The van der Waals surface area contributed by atoms with Gasteiger partial charge in [-0.15, -0.1) is 0 Å². The van der Waals surface area contributed by atoms with Gasteiger partial charge in [-0.1, -0.05) is 42.5 Å². The summed E-state index contributed by atoms with van der Waals surface area (Å²) in [4.78, 5) is 0.140. The van der Waals surface area contributed by atoms with Gasteiger partial charge in [0.25, 0.3) is 10.0 Å². The Labute approximate surface area is 193 Å². The van der Waals surface area contributed by atoms with Crippen LogP contribution in [0.25, 0.3) is 0 Å². The van der Waals surface area contributed by atoms with Crippen LogP contribution in [0.2, 0.25) is 0 Å². The van der Waals surface area contributed by atoms with Gasteiger partial charge in [0, 0.05) is 12.1 Å². The first-order chi connectivity index (χ1) is 15.7. The van der Waals surface area contributed by atoms with Crippen molar-refractivity contribution in [3.63, 3.8) is 0 Å². The van der Waals surface area contributed by atoms with Gasteiger partial charge in [-0.2, -0.15) is 17.9 Å². The first-order valence-corrected chi connectivity index (χ1v) is 13.4. The molecule has 3 aromatic rings. The number of ether oxygens (including phenoxy) is 1. The molecule has 0 amide bonds. The Morgan fingerprint density at radius 3 is 2.27 bits per heavy atom. The quantitative estimate of drug-likeness (QED) is 0.550. The highest BCUT2D eigenvalue weighted by molar-refractivity contribution is 7.92. The molecule has 1 heterocycles. The number of hydrazone groups is 1. The lowest BCUT2D eigenvalue weighted by atomic mass is 9.99. The van der Waals surface area contributed by atoms with E-state index in [1.165, 1.54) is 12.1 Å². The predicted octanol–water partition coefficient (Wildman–Crippen LogP) is 3.61. The lowest BCUT2D eigenvalue weighted by molar-refractivity contribution is 0.370. The minimum absolute atomic E-state index is 0.140. The third kappa shape index (κ3) is 5.01. The van der Waals surface area contributed by atoms with Gasteiger partial charge in [0.05, 0.1) is 30.0 Å². The summed E-state index contributed by atoms with van der Waals surface area (Å²) in [5, 5.41) is 4.50. The Kier molecular flexibility index (Phi) is 6.13. The van der Waals surface area contributed by atoms with Gasteiger partial charge in [-0.25, -0.2) is 8.42 Å². The lowest BCUT2D eigenvalue weighted by Gasteiger charge is -2.23. The largest absolute Gasteiger partial charge is 0.497 e. The molecule has 172 valence electrons. The highest BCUT2D eigenvalue weighted by Gasteiger charge is 2.37. The van der Waals surface area contributed by atoms with Crippen LogP contribution in [-0.2, 0) is 20.0 Å². The minimum atomic E-state index is -3.93. The van der Waals surface area contributed by atoms with E-state index in [2.05, 4.69) is 9.82 Å². The summed E-state index contributed by atoms with van der Waals surface area (Å²) in [6.07, 6.45) is 1.39. The second kappa shape index (κ2) is 8.87. The van der Waals surface area contributed by atoms with Crippen LogP contribution in [-0.4, -0.2) is 40.3 Å². The Bertz CT molecular complexity index is 1390. The number of hydrogen-bond acceptors (Lipinski definition) is 6. The Morgan fingerprint density at radius 1 is 0.939 bits per heavy atom. The van der Waals surface area contributed by atoms with Crippen molar-refractivity contribution in [2.45, 2.75) is 17.4 Å². The van der Waals surface area contributed by atoms with E-state index in [-0.39, 0.29) is 4.90 Å². The maximum absolute atomic E-state index is 13.5. The number of benzene rings is 3. The molecule has 0 radical (unpaired) electrons. The molecule has 10 heteroatoms. The van der Waals surface area contributed by atoms with Gasteiger partial charge in [0.2, 0.25) is 10.0 Å². The van der Waals surface area contributed by atoms with Crippen LogP contribution < -0.4 is 9.46 Å². The predicted molar refractivity (Wildman–Crippen MR) is 127 cm³/mol. The number of rotatable bonds is 7. The van der Waals surface area contributed by atoms with Crippen LogP contribution in [0.1, 0.15) is 23.6 Å². The summed E-state index contributed by atoms with van der Waals surface area (Å²) < 4.78 is 59.0. The topological polar surface area (TPSA) is 105 Å². The van der Waals surface area contributed by atoms with Crippen molar-refractivity contribution in [3.8, 4) is 5.75 Å². The summed E-state index contributed by atoms with van der Waals surface area (Å²) in [6.45, 7) is 0. The summed E-state index contributed by atoms with van der Waals surface area (Å²) >= 11 is 0. The van der Waals surface area contributed by atoms with E-state index in [9.17, 15) is 16.8 Å². The fourth-order valence-electron chi connectivity index (χ4n) is 3.64. The number of nitrogens with zero attached hydrogens (tertiary/aromatic N) is 2. The molecule has 1 N–H and O–H groups in total. The maximum atomic E-state index is 13.5. The standard InChI is InChI=1S/C23H23N3O5S2/c1-31-20-13-11-17(12-14-20)23-16-22(18-7-6-8-19(15-18)25-32(2,27)28)24-26(23)33(29,30)21-9-4-3-5-10-21/h3-15,23,25H,16H2,1-2H3/t23-/m0/s1. The third-order valence-electron chi connectivity index (χ3n) is 5.16. The van der Waals surface area contributed by atoms with Crippen molar-refractivity contribution >= 4 is 31.4 Å². The van der Waals surface area contributed by atoms with Crippen molar-refractivity contribution in [3.05, 3.63) is 90.0 Å². The average Bonchev–Trinajstić information content (AvgIpc) is 3.25. The Morgan fingerprint density at radius 2 is 1.64 bits per heavy atom. The van der Waals surface area contributed by atoms with Crippen LogP contribution >= 0.6 is 0 Å². The van der Waals surface area contributed by atoms with E-state index >= 15 is 0 Å². The van der Waals surface area contributed by atoms with Crippen LogP contribution in [0, 0.1) is 0 Å². The number of sulfonamides is 2. The molecule has 0 bridgehead atoms. The summed E-state index contributed by atoms with van der Waals surface area (Å²) in [5.74, 6) is 0.662. The SMILES string of the molecule is COc1ccc([C@@H]2CC(c3cccc(NS(C)(=O)=O)c3)=NN2S(=O)(=O)c2ccccc2)cc1. The van der Waals surface area contributed by atoms with Crippen molar-refractivity contribution in [1.82, 2.24) is 4.41 Å². The molecule has 0 aliphatic carbocycles. The van der Waals surface area contributed by atoms with Crippen molar-refractivity contribution in [2.75, 3.05) is 18.1 Å². The zero-order valence-corrected chi connectivity index (χ0v) is 19.7. The smallest absolute Gasteiger partial charge is 0.279 e. The average molecular weight is 486 g/mol. The second-order valence-corrected chi connectivity index (χ2v) is 11.1. The van der Waals surface area contributed by atoms with E-state index in [0.717, 1.165) is 16.2 Å². The molecular weight excluding hydrogens is 462 g/mol. The first-order valence-electron chi connectivity index (χ1n) is 10.1. The van der Waals surface area contributed by atoms with E-state index in [1.807, 2.05) is 12.1 Å². The molecule has 0 saturated carbocycles. The molecule has 1 atom stereocenters. The zero-order chi connectivity index (χ0) is 23.6. The molecule has 0 fully saturated rings. The minimum Gasteiger partial charge on any atom is -0.497 e. The Hall–Kier alpha value is -3.37. The normalized spacial score (nSPS) is 16.4. The third-order valence-corrected chi connectivity index (χ3v) is 7.46. The van der Waals surface area contributed by atoms with Crippen LogP contribution in [0.3, 0.4) is 0 Å². The van der Waals surface area contributed by atoms with E-state index in [0.29, 0.717) is 29.1 Å². The van der Waals surface area contributed by atoms with Crippen LogP contribution in [0.5, 0.6) is 5.75 Å². The highest BCUT2D eigenvalue weighted by atomic mass is 32.2. The first kappa shape index (κ1) is 22.8. The van der Waals surface area contributed by atoms with Gasteiger partial charge in [-0.3, -0.25) is 4.72 Å². The summed E-state index contributed by atoms with van der Waals surface area (Å²) in [6, 6.07) is 21.5. The van der Waals surface area contributed by atoms with E-state index < -0.39 is 26.1 Å². The van der Waals surface area contributed by atoms with Crippen molar-refractivity contribution in [2.24, 2.45) is 5.10 Å². The van der Waals surface area contributed by atoms with Crippen molar-refractivity contribution < 1.29 is 21.6 Å². The number of methoxy groups -OCH3 is 1. The van der Waals surface area contributed by atoms with E-state index in [4.69, 9.17) is 4.74 Å².